The van der Waals surface area contributed by atoms with Gasteiger partial charge in [0.1, 0.15) is 0 Å². The maximum Gasteiger partial charge on any atom is 0.416 e. The number of rotatable bonds is 6. The van der Waals surface area contributed by atoms with E-state index in [9.17, 15) is 35.9 Å². The normalized spacial score (nSPS) is 19.8. The molecule has 5 rings (SSSR count). The predicted molar refractivity (Wildman–Crippen MR) is 135 cm³/mol. The van der Waals surface area contributed by atoms with Gasteiger partial charge in [-0.15, -0.1) is 0 Å². The van der Waals surface area contributed by atoms with Crippen LogP contribution < -0.4 is 5.32 Å². The van der Waals surface area contributed by atoms with Crippen molar-refractivity contribution in [3.63, 3.8) is 0 Å². The molecule has 1 aromatic heterocycles. The van der Waals surface area contributed by atoms with Crippen LogP contribution in [0, 0.1) is 0 Å². The van der Waals surface area contributed by atoms with Crippen LogP contribution in [-0.4, -0.2) is 58.2 Å². The average Bonchev–Trinajstić information content (AvgIpc) is 3.41. The van der Waals surface area contributed by atoms with Crippen molar-refractivity contribution in [1.82, 2.24) is 20.0 Å². The Morgan fingerprint density at radius 3 is 2.58 bits per heavy atom. The van der Waals surface area contributed by atoms with Gasteiger partial charge in [0.15, 0.2) is 0 Å². The van der Waals surface area contributed by atoms with E-state index in [-0.39, 0.29) is 34.4 Å². The van der Waals surface area contributed by atoms with E-state index in [0.29, 0.717) is 48.7 Å². The van der Waals surface area contributed by atoms with Crippen LogP contribution in [0.4, 0.5) is 31.1 Å². The first-order valence-corrected chi connectivity index (χ1v) is 13.0. The van der Waals surface area contributed by atoms with Crippen LogP contribution >= 0.6 is 11.8 Å². The van der Waals surface area contributed by atoms with Crippen LogP contribution in [0.3, 0.4) is 0 Å². The monoisotopic (exact) mass is 584 g/mol. The molecule has 0 saturated carbocycles. The van der Waals surface area contributed by atoms with E-state index in [0.717, 1.165) is 17.8 Å². The van der Waals surface area contributed by atoms with Gasteiger partial charge < -0.3 is 10.1 Å². The van der Waals surface area contributed by atoms with E-state index in [2.05, 4.69) is 10.4 Å². The van der Waals surface area contributed by atoms with Gasteiger partial charge >= 0.3 is 12.4 Å². The number of alkyl halides is 6. The lowest BCUT2D eigenvalue weighted by molar-refractivity contribution is -0.143. The third-order valence-corrected chi connectivity index (χ3v) is 7.51. The van der Waals surface area contributed by atoms with E-state index >= 15 is 0 Å². The second kappa shape index (κ2) is 10.9. The van der Waals surface area contributed by atoms with E-state index < -0.39 is 35.9 Å². The number of morpholine rings is 1. The molecule has 3 heterocycles. The fourth-order valence-corrected chi connectivity index (χ4v) is 5.44. The van der Waals surface area contributed by atoms with Crippen molar-refractivity contribution in [3.8, 4) is 0 Å². The van der Waals surface area contributed by atoms with Crippen LogP contribution in [0.5, 0.6) is 0 Å². The second-order valence-corrected chi connectivity index (χ2v) is 10.3. The van der Waals surface area contributed by atoms with Crippen LogP contribution in [0.1, 0.15) is 28.7 Å². The minimum absolute atomic E-state index is 0.0566. The Morgan fingerprint density at radius 1 is 1.07 bits per heavy atom. The molecular formula is C26H22F6N4O3S. The van der Waals surface area contributed by atoms with Crippen molar-refractivity contribution < 1.29 is 40.7 Å². The van der Waals surface area contributed by atoms with Gasteiger partial charge in [-0.25, -0.2) is 0 Å². The lowest BCUT2D eigenvalue weighted by Crippen LogP contribution is -2.43. The maximum absolute atomic E-state index is 13.6. The van der Waals surface area contributed by atoms with Crippen molar-refractivity contribution in [2.24, 2.45) is 0 Å². The lowest BCUT2D eigenvalue weighted by Gasteiger charge is -2.25. The summed E-state index contributed by atoms with van der Waals surface area (Å²) in [4.78, 5) is 26.7. The number of benzene rings is 2. The fraction of sp³-hybridized carbons (Fsp3) is 0.346. The Labute approximate surface area is 228 Å². The van der Waals surface area contributed by atoms with E-state index in [4.69, 9.17) is 4.74 Å². The highest BCUT2D eigenvalue weighted by Gasteiger charge is 2.38. The molecule has 1 N–H and O–H groups in total. The zero-order valence-electron chi connectivity index (χ0n) is 20.7. The summed E-state index contributed by atoms with van der Waals surface area (Å²) in [6, 6.07) is 6.45. The zero-order valence-corrected chi connectivity index (χ0v) is 21.5. The molecule has 0 bridgehead atoms. The number of ether oxygens (including phenoxy) is 1. The third-order valence-electron chi connectivity index (χ3n) is 6.60. The molecular weight excluding hydrogens is 562 g/mol. The fourth-order valence-electron chi connectivity index (χ4n) is 4.57. The summed E-state index contributed by atoms with van der Waals surface area (Å²) >= 11 is 0.822. The van der Waals surface area contributed by atoms with Gasteiger partial charge in [0.05, 0.1) is 47.5 Å². The number of carbonyl (C=O) groups is 2. The molecule has 0 radical (unpaired) electrons. The van der Waals surface area contributed by atoms with Crippen molar-refractivity contribution in [1.29, 1.82) is 0 Å². The summed E-state index contributed by atoms with van der Waals surface area (Å²) in [6.07, 6.45) is -6.37. The van der Waals surface area contributed by atoms with Gasteiger partial charge in [-0.05, 0) is 59.7 Å². The van der Waals surface area contributed by atoms with Gasteiger partial charge in [0.25, 0.3) is 11.1 Å². The van der Waals surface area contributed by atoms with E-state index in [1.165, 1.54) is 15.8 Å². The van der Waals surface area contributed by atoms with Crippen molar-refractivity contribution in [2.45, 2.75) is 31.4 Å². The molecule has 2 amide bonds. The first kappa shape index (κ1) is 28.2. The van der Waals surface area contributed by atoms with Gasteiger partial charge in [0.2, 0.25) is 0 Å². The summed E-state index contributed by atoms with van der Waals surface area (Å²) in [5, 5.41) is 7.56. The molecule has 2 aliphatic heterocycles. The van der Waals surface area contributed by atoms with Crippen molar-refractivity contribution >= 4 is 39.9 Å². The molecule has 1 atom stereocenters. The summed E-state index contributed by atoms with van der Waals surface area (Å²) in [6.45, 7) is 1.68. The number of imide groups is 1. The molecule has 0 aliphatic carbocycles. The molecule has 1 unspecified atom stereocenters. The Bertz CT molecular complexity index is 1480. The predicted octanol–water partition coefficient (Wildman–Crippen LogP) is 5.54. The van der Waals surface area contributed by atoms with Crippen LogP contribution in [0.2, 0.25) is 0 Å². The minimum Gasteiger partial charge on any atom is -0.379 e. The van der Waals surface area contributed by atoms with E-state index in [1.807, 2.05) is 0 Å². The maximum atomic E-state index is 13.6. The number of amides is 2. The summed E-state index contributed by atoms with van der Waals surface area (Å²) < 4.78 is 86.3. The molecule has 14 heteroatoms. The Hall–Kier alpha value is -3.36. The van der Waals surface area contributed by atoms with Gasteiger partial charge in [-0.3, -0.25) is 19.2 Å². The molecule has 2 saturated heterocycles. The number of hydrogen-bond donors (Lipinski definition) is 1. The highest BCUT2D eigenvalue weighted by atomic mass is 32.2. The molecule has 0 spiro atoms. The zero-order chi connectivity index (χ0) is 28.7. The molecule has 7 nitrogen and oxygen atoms in total. The summed E-state index contributed by atoms with van der Waals surface area (Å²) in [7, 11) is 0. The number of fused-ring (bicyclic) bond motifs is 1. The highest BCUT2D eigenvalue weighted by molar-refractivity contribution is 8.18. The number of halogens is 6. The number of nitrogens with one attached hydrogen (secondary N) is 1. The largest absolute Gasteiger partial charge is 0.416 e. The average molecular weight is 585 g/mol. The molecule has 2 fully saturated rings. The standard InChI is InChI=1S/C26H22F6N4O3S/c27-25(28,29)18-3-2-16(20(11-18)26(30,31)32)13-36-21-4-1-15(9-17(21)12-34-36)10-22-23(37)35(24(38)40-22)7-5-19-14-39-8-6-33-19/h1-4,9-12,19,33H,5-8,13-14H2. The number of hydrogen-bond acceptors (Lipinski definition) is 6. The van der Waals surface area contributed by atoms with Crippen LogP contribution in [0.25, 0.3) is 17.0 Å². The van der Waals surface area contributed by atoms with Crippen LogP contribution in [0.15, 0.2) is 47.5 Å². The number of nitrogens with zero attached hydrogens (tertiary/aromatic N) is 3. The Balaban J connectivity index is 1.34. The molecule has 212 valence electrons. The number of carbonyl (C=O) groups excluding carboxylic acids is 2. The first-order chi connectivity index (χ1) is 18.9. The molecule has 3 aromatic rings. The SMILES string of the molecule is O=C1SC(=Cc2ccc3c(cnn3Cc3ccc(C(F)(F)F)cc3C(F)(F)F)c2)C(=O)N1CCC1COCCN1. The first-order valence-electron chi connectivity index (χ1n) is 12.2. The van der Waals surface area contributed by atoms with Gasteiger partial charge in [0, 0.05) is 24.5 Å². The summed E-state index contributed by atoms with van der Waals surface area (Å²) in [5.74, 6) is -0.412. The number of thioether (sulfide) groups is 1. The minimum atomic E-state index is -4.99. The molecule has 2 aromatic carbocycles. The quantitative estimate of drug-likeness (QED) is 0.303. The molecule has 40 heavy (non-hydrogen) atoms. The van der Waals surface area contributed by atoms with Gasteiger partial charge in [-0.1, -0.05) is 12.1 Å². The Kier molecular flexibility index (Phi) is 7.68. The van der Waals surface area contributed by atoms with E-state index in [1.54, 1.807) is 24.3 Å². The highest BCUT2D eigenvalue weighted by Crippen LogP contribution is 2.38. The molecule has 2 aliphatic rings. The lowest BCUT2D eigenvalue weighted by atomic mass is 10.0. The second-order valence-electron chi connectivity index (χ2n) is 9.34. The topological polar surface area (TPSA) is 76.5 Å². The summed E-state index contributed by atoms with van der Waals surface area (Å²) in [5.41, 5.74) is -2.11. The van der Waals surface area contributed by atoms with Crippen molar-refractivity contribution in [2.75, 3.05) is 26.3 Å². The third kappa shape index (κ3) is 6.03. The van der Waals surface area contributed by atoms with Gasteiger partial charge in [-0.2, -0.15) is 31.4 Å². The number of aromatic nitrogens is 2. The van der Waals surface area contributed by atoms with Crippen molar-refractivity contribution in [3.05, 3.63) is 69.8 Å². The van der Waals surface area contributed by atoms with Crippen LogP contribution in [-0.2, 0) is 28.4 Å². The smallest absolute Gasteiger partial charge is 0.379 e. The Morgan fingerprint density at radius 2 is 1.88 bits per heavy atom.